The topological polar surface area (TPSA) is 40.5 Å². The standard InChI is InChI=1S/C10H8F3NO2/c11-5-1-7(12)9(8(13)2-5)10(16)14-3-6(15)4-14/h1-2,6,15H,3-4H2. The number of aliphatic hydroxyl groups excluding tert-OH is 1. The Bertz CT molecular complexity index is 421. The first kappa shape index (κ1) is 10.9. The average molecular weight is 231 g/mol. The van der Waals surface area contributed by atoms with Crippen molar-refractivity contribution in [2.75, 3.05) is 13.1 Å². The molecule has 86 valence electrons. The smallest absolute Gasteiger partial charge is 0.260 e. The van der Waals surface area contributed by atoms with Crippen molar-refractivity contribution in [3.8, 4) is 0 Å². The minimum atomic E-state index is -1.23. The van der Waals surface area contributed by atoms with Crippen LogP contribution in [0.1, 0.15) is 10.4 Å². The first-order valence-corrected chi connectivity index (χ1v) is 4.61. The van der Waals surface area contributed by atoms with Crippen LogP contribution in [0, 0.1) is 17.5 Å². The number of aliphatic hydroxyl groups is 1. The number of nitrogens with zero attached hydrogens (tertiary/aromatic N) is 1. The van der Waals surface area contributed by atoms with E-state index in [9.17, 15) is 18.0 Å². The number of rotatable bonds is 1. The molecule has 1 aromatic rings. The quantitative estimate of drug-likeness (QED) is 0.780. The minimum absolute atomic E-state index is 0.0368. The van der Waals surface area contributed by atoms with Crippen LogP contribution >= 0.6 is 0 Å². The first-order valence-electron chi connectivity index (χ1n) is 4.61. The predicted molar refractivity (Wildman–Crippen MR) is 48.2 cm³/mol. The highest BCUT2D eigenvalue weighted by Gasteiger charge is 2.32. The Morgan fingerprint density at radius 1 is 1.25 bits per heavy atom. The summed E-state index contributed by atoms with van der Waals surface area (Å²) in [6.45, 7) is 0.0736. The fourth-order valence-electron chi connectivity index (χ4n) is 1.53. The SMILES string of the molecule is O=C(c1c(F)cc(F)cc1F)N1CC(O)C1. The zero-order chi connectivity index (χ0) is 11.9. The molecule has 3 nitrogen and oxygen atoms in total. The molecule has 0 aliphatic carbocycles. The largest absolute Gasteiger partial charge is 0.389 e. The van der Waals surface area contributed by atoms with Crippen molar-refractivity contribution < 1.29 is 23.1 Å². The lowest BCUT2D eigenvalue weighted by molar-refractivity contribution is 0.00524. The van der Waals surface area contributed by atoms with Gasteiger partial charge in [-0.05, 0) is 0 Å². The van der Waals surface area contributed by atoms with Gasteiger partial charge < -0.3 is 10.0 Å². The van der Waals surface area contributed by atoms with Gasteiger partial charge in [0.2, 0.25) is 0 Å². The molecule has 1 saturated heterocycles. The monoisotopic (exact) mass is 231 g/mol. The lowest BCUT2D eigenvalue weighted by atomic mass is 10.1. The van der Waals surface area contributed by atoms with Crippen LogP contribution in [0.15, 0.2) is 12.1 Å². The lowest BCUT2D eigenvalue weighted by Gasteiger charge is -2.35. The normalized spacial score (nSPS) is 16.1. The van der Waals surface area contributed by atoms with Crippen LogP contribution in [-0.4, -0.2) is 35.1 Å². The first-order chi connectivity index (χ1) is 7.49. The van der Waals surface area contributed by atoms with E-state index in [-0.39, 0.29) is 13.1 Å². The molecule has 0 atom stereocenters. The van der Waals surface area contributed by atoms with E-state index in [4.69, 9.17) is 5.11 Å². The molecule has 1 amide bonds. The summed E-state index contributed by atoms with van der Waals surface area (Å²) in [7, 11) is 0. The molecule has 6 heteroatoms. The lowest BCUT2D eigenvalue weighted by Crippen LogP contribution is -2.53. The molecule has 1 fully saturated rings. The van der Waals surface area contributed by atoms with Crippen LogP contribution in [0.2, 0.25) is 0 Å². The summed E-state index contributed by atoms with van der Waals surface area (Å²) in [6, 6.07) is 0.902. The van der Waals surface area contributed by atoms with Crippen molar-refractivity contribution in [1.82, 2.24) is 4.90 Å². The zero-order valence-electron chi connectivity index (χ0n) is 8.08. The molecular weight excluding hydrogens is 223 g/mol. The van der Waals surface area contributed by atoms with Gasteiger partial charge in [0, 0.05) is 25.2 Å². The van der Waals surface area contributed by atoms with Gasteiger partial charge in [0.05, 0.1) is 6.10 Å². The molecule has 0 bridgehead atoms. The van der Waals surface area contributed by atoms with Gasteiger partial charge in [0.15, 0.2) is 0 Å². The van der Waals surface area contributed by atoms with E-state index < -0.39 is 35.0 Å². The molecule has 0 unspecified atom stereocenters. The fraction of sp³-hybridized carbons (Fsp3) is 0.300. The van der Waals surface area contributed by atoms with Gasteiger partial charge in [-0.25, -0.2) is 13.2 Å². The summed E-state index contributed by atoms with van der Waals surface area (Å²) < 4.78 is 39.0. The Kier molecular flexibility index (Phi) is 2.59. The highest BCUT2D eigenvalue weighted by atomic mass is 19.1. The summed E-state index contributed by atoms with van der Waals surface area (Å²) >= 11 is 0. The van der Waals surface area contributed by atoms with Gasteiger partial charge in [-0.15, -0.1) is 0 Å². The highest BCUT2D eigenvalue weighted by molar-refractivity contribution is 5.95. The summed E-state index contributed by atoms with van der Waals surface area (Å²) in [6.07, 6.45) is -0.657. The van der Waals surface area contributed by atoms with Gasteiger partial charge in [0.1, 0.15) is 23.0 Å². The van der Waals surface area contributed by atoms with E-state index in [0.717, 1.165) is 4.90 Å². The Hall–Kier alpha value is -1.56. The van der Waals surface area contributed by atoms with Gasteiger partial charge in [0.25, 0.3) is 5.91 Å². The molecule has 1 aliphatic heterocycles. The molecule has 0 spiro atoms. The molecule has 1 heterocycles. The second-order valence-electron chi connectivity index (χ2n) is 3.61. The van der Waals surface area contributed by atoms with Crippen molar-refractivity contribution in [2.24, 2.45) is 0 Å². The van der Waals surface area contributed by atoms with Gasteiger partial charge >= 0.3 is 0 Å². The number of carbonyl (C=O) groups is 1. The van der Waals surface area contributed by atoms with Crippen LogP contribution in [0.25, 0.3) is 0 Å². The zero-order valence-corrected chi connectivity index (χ0v) is 8.08. The van der Waals surface area contributed by atoms with Crippen LogP contribution in [0.5, 0.6) is 0 Å². The Labute approximate surface area is 89.1 Å². The number of hydrogen-bond acceptors (Lipinski definition) is 2. The van der Waals surface area contributed by atoms with E-state index in [1.165, 1.54) is 0 Å². The summed E-state index contributed by atoms with van der Waals surface area (Å²) in [5, 5.41) is 8.96. The van der Waals surface area contributed by atoms with Crippen molar-refractivity contribution in [2.45, 2.75) is 6.10 Å². The maximum absolute atomic E-state index is 13.2. The van der Waals surface area contributed by atoms with Crippen LogP contribution in [-0.2, 0) is 0 Å². The van der Waals surface area contributed by atoms with Crippen molar-refractivity contribution in [3.05, 3.63) is 35.1 Å². The van der Waals surface area contributed by atoms with E-state index in [2.05, 4.69) is 0 Å². The molecule has 0 aromatic heterocycles. The van der Waals surface area contributed by atoms with Crippen molar-refractivity contribution in [3.63, 3.8) is 0 Å². The third-order valence-electron chi connectivity index (χ3n) is 2.37. The van der Waals surface area contributed by atoms with Crippen LogP contribution < -0.4 is 0 Å². The third-order valence-corrected chi connectivity index (χ3v) is 2.37. The van der Waals surface area contributed by atoms with E-state index in [1.54, 1.807) is 0 Å². The number of likely N-dealkylation sites (tertiary alicyclic amines) is 1. The molecule has 1 aliphatic rings. The number of halogens is 3. The summed E-state index contributed by atoms with van der Waals surface area (Å²) in [5.41, 5.74) is -0.784. The van der Waals surface area contributed by atoms with Crippen molar-refractivity contribution >= 4 is 5.91 Å². The number of β-amino-alcohol motifs (C(OH)–C–C–N with tert-alkyl or cyclic N) is 1. The second kappa shape index (κ2) is 3.79. The second-order valence-corrected chi connectivity index (χ2v) is 3.61. The highest BCUT2D eigenvalue weighted by Crippen LogP contribution is 2.19. The predicted octanol–water partition coefficient (Wildman–Crippen LogP) is 0.921. The third kappa shape index (κ3) is 1.76. The average Bonchev–Trinajstić information content (AvgIpc) is 2.10. The molecule has 1 aromatic carbocycles. The fourth-order valence-corrected chi connectivity index (χ4v) is 1.53. The summed E-state index contributed by atoms with van der Waals surface area (Å²) in [5.74, 6) is -4.41. The van der Waals surface area contributed by atoms with Crippen molar-refractivity contribution in [1.29, 1.82) is 0 Å². The minimum Gasteiger partial charge on any atom is -0.389 e. The number of carbonyl (C=O) groups excluding carboxylic acids is 1. The maximum atomic E-state index is 13.2. The Morgan fingerprint density at radius 2 is 1.75 bits per heavy atom. The van der Waals surface area contributed by atoms with Gasteiger partial charge in [-0.2, -0.15) is 0 Å². The molecule has 0 radical (unpaired) electrons. The number of amides is 1. The van der Waals surface area contributed by atoms with Crippen LogP contribution in [0.3, 0.4) is 0 Å². The van der Waals surface area contributed by atoms with E-state index in [1.807, 2.05) is 0 Å². The molecular formula is C10H8F3NO2. The molecule has 16 heavy (non-hydrogen) atoms. The Morgan fingerprint density at radius 3 is 2.19 bits per heavy atom. The number of benzene rings is 1. The van der Waals surface area contributed by atoms with E-state index in [0.29, 0.717) is 12.1 Å². The molecule has 0 saturated carbocycles. The molecule has 2 rings (SSSR count). The van der Waals surface area contributed by atoms with Gasteiger partial charge in [-0.1, -0.05) is 0 Å². The molecule has 1 N–H and O–H groups in total. The number of hydrogen-bond donors (Lipinski definition) is 1. The summed E-state index contributed by atoms with van der Waals surface area (Å²) in [4.78, 5) is 12.6. The Balaban J connectivity index is 2.30. The van der Waals surface area contributed by atoms with Gasteiger partial charge in [-0.3, -0.25) is 4.79 Å². The maximum Gasteiger partial charge on any atom is 0.260 e. The van der Waals surface area contributed by atoms with Crippen LogP contribution in [0.4, 0.5) is 13.2 Å². The van der Waals surface area contributed by atoms with E-state index >= 15 is 0 Å².